The van der Waals surface area contributed by atoms with E-state index in [1.54, 1.807) is 42.6 Å². The number of nitrogens with one attached hydrogen (secondary N) is 3. The number of pyridine rings is 1. The molecule has 1 aromatic carbocycles. The van der Waals surface area contributed by atoms with Crippen LogP contribution in [-0.2, 0) is 9.59 Å². The minimum absolute atomic E-state index is 0.168. The van der Waals surface area contributed by atoms with Gasteiger partial charge in [-0.05, 0) is 57.0 Å². The molecule has 28 heavy (non-hydrogen) atoms. The van der Waals surface area contributed by atoms with E-state index in [1.165, 1.54) is 13.1 Å². The number of carboxylic acids is 1. The smallest absolute Gasteiger partial charge is 0.325 e. The van der Waals surface area contributed by atoms with Gasteiger partial charge in [0, 0.05) is 22.4 Å². The summed E-state index contributed by atoms with van der Waals surface area (Å²) in [6, 6.07) is 8.92. The predicted molar refractivity (Wildman–Crippen MR) is 110 cm³/mol. The van der Waals surface area contributed by atoms with E-state index in [2.05, 4.69) is 52.8 Å². The zero-order valence-corrected chi connectivity index (χ0v) is 17.7. The fourth-order valence-corrected chi connectivity index (χ4v) is 3.04. The van der Waals surface area contributed by atoms with Crippen molar-refractivity contribution < 1.29 is 19.5 Å². The monoisotopic (exact) mass is 510 g/mol. The zero-order valence-electron chi connectivity index (χ0n) is 14.6. The van der Waals surface area contributed by atoms with Gasteiger partial charge in [0.1, 0.15) is 17.6 Å². The molecule has 146 valence electrons. The second kappa shape index (κ2) is 10.00. The number of amides is 2. The lowest BCUT2D eigenvalue weighted by molar-refractivity contribution is -0.140. The van der Waals surface area contributed by atoms with Gasteiger partial charge in [0.15, 0.2) is 0 Å². The first kappa shape index (κ1) is 21.6. The van der Waals surface area contributed by atoms with Crippen molar-refractivity contribution >= 4 is 55.5 Å². The molecule has 0 radical (unpaired) electrons. The van der Waals surface area contributed by atoms with Crippen molar-refractivity contribution in [2.24, 2.45) is 0 Å². The molecule has 2 amide bonds. The van der Waals surface area contributed by atoms with Crippen molar-refractivity contribution in [3.8, 4) is 0 Å². The number of hydrogen-bond donors (Lipinski definition) is 4. The van der Waals surface area contributed by atoms with Crippen molar-refractivity contribution in [1.29, 1.82) is 0 Å². The fraction of sp³-hybridized carbons (Fsp3) is 0.111. The van der Waals surface area contributed by atoms with E-state index in [0.29, 0.717) is 15.9 Å². The Bertz CT molecular complexity index is 919. The molecule has 0 aliphatic carbocycles. The van der Waals surface area contributed by atoms with Crippen molar-refractivity contribution in [3.63, 3.8) is 0 Å². The Hall–Kier alpha value is -2.72. The molecule has 0 aliphatic heterocycles. The van der Waals surface area contributed by atoms with E-state index < -0.39 is 23.8 Å². The molecule has 10 heteroatoms. The first-order valence-corrected chi connectivity index (χ1v) is 9.54. The second-order valence-electron chi connectivity index (χ2n) is 5.54. The van der Waals surface area contributed by atoms with Crippen molar-refractivity contribution in [2.75, 3.05) is 5.32 Å². The molecule has 0 bridgehead atoms. The van der Waals surface area contributed by atoms with E-state index >= 15 is 0 Å². The van der Waals surface area contributed by atoms with E-state index in [-0.39, 0.29) is 5.70 Å². The van der Waals surface area contributed by atoms with Gasteiger partial charge in [-0.1, -0.05) is 18.2 Å². The van der Waals surface area contributed by atoms with Gasteiger partial charge in [0.05, 0.1) is 4.47 Å². The number of nitrogens with zero attached hydrogens (tertiary/aromatic N) is 1. The van der Waals surface area contributed by atoms with E-state index in [0.717, 1.165) is 4.47 Å². The van der Waals surface area contributed by atoms with Crippen LogP contribution in [0.2, 0.25) is 0 Å². The summed E-state index contributed by atoms with van der Waals surface area (Å²) in [7, 11) is 0. The number of halogens is 2. The highest BCUT2D eigenvalue weighted by atomic mass is 79.9. The summed E-state index contributed by atoms with van der Waals surface area (Å²) in [6.45, 7) is 1.32. The molecule has 1 heterocycles. The lowest BCUT2D eigenvalue weighted by Crippen LogP contribution is -2.43. The minimum Gasteiger partial charge on any atom is -0.480 e. The Labute approximate surface area is 177 Å². The topological polar surface area (TPSA) is 120 Å². The maximum atomic E-state index is 12.4. The Kier molecular flexibility index (Phi) is 7.70. The highest BCUT2D eigenvalue weighted by Gasteiger charge is 2.19. The predicted octanol–water partition coefficient (Wildman–Crippen LogP) is 2.88. The maximum absolute atomic E-state index is 12.4. The quantitative estimate of drug-likeness (QED) is 0.424. The third kappa shape index (κ3) is 6.17. The standard InChI is InChI=1S/C18H16Br2N4O4/c1-10(18(27)28)23-17(26)14(24-16(25)11-5-3-2-4-6-11)9-22-15-13(20)7-12(19)8-21-15/h2-10H,1H3,(H,21,22)(H,23,26)(H,24,25)(H,27,28)/b14-9-. The van der Waals surface area contributed by atoms with Crippen LogP contribution in [0.1, 0.15) is 17.3 Å². The highest BCUT2D eigenvalue weighted by molar-refractivity contribution is 9.11. The van der Waals surface area contributed by atoms with Crippen LogP contribution in [0.25, 0.3) is 0 Å². The van der Waals surface area contributed by atoms with Crippen molar-refractivity contribution in [3.05, 3.63) is 69.0 Å². The van der Waals surface area contributed by atoms with Crippen LogP contribution < -0.4 is 16.0 Å². The molecule has 0 aliphatic rings. The molecule has 0 fully saturated rings. The molecule has 1 atom stereocenters. The van der Waals surface area contributed by atoms with Gasteiger partial charge in [0.25, 0.3) is 11.8 Å². The van der Waals surface area contributed by atoms with Gasteiger partial charge >= 0.3 is 5.97 Å². The summed E-state index contributed by atoms with van der Waals surface area (Å²) >= 11 is 6.62. The van der Waals surface area contributed by atoms with Gasteiger partial charge in [-0.2, -0.15) is 0 Å². The van der Waals surface area contributed by atoms with Crippen LogP contribution in [-0.4, -0.2) is 33.9 Å². The summed E-state index contributed by atoms with van der Waals surface area (Å²) in [5, 5.41) is 16.6. The summed E-state index contributed by atoms with van der Waals surface area (Å²) < 4.78 is 1.37. The van der Waals surface area contributed by atoms with Crippen molar-refractivity contribution in [1.82, 2.24) is 15.6 Å². The maximum Gasteiger partial charge on any atom is 0.325 e. The fourth-order valence-electron chi connectivity index (χ4n) is 1.94. The van der Waals surface area contributed by atoms with Crippen LogP contribution in [0.4, 0.5) is 5.82 Å². The molecule has 0 spiro atoms. The summed E-state index contributed by atoms with van der Waals surface area (Å²) in [5.41, 5.74) is 0.175. The lowest BCUT2D eigenvalue weighted by atomic mass is 10.2. The van der Waals surface area contributed by atoms with Crippen molar-refractivity contribution in [2.45, 2.75) is 13.0 Å². The second-order valence-corrected chi connectivity index (χ2v) is 7.31. The van der Waals surface area contributed by atoms with Crippen LogP contribution in [0.3, 0.4) is 0 Å². The van der Waals surface area contributed by atoms with Gasteiger partial charge in [-0.25, -0.2) is 4.98 Å². The summed E-state index contributed by atoms with van der Waals surface area (Å²) in [5.74, 6) is -2.09. The van der Waals surface area contributed by atoms with Gasteiger partial charge in [-0.15, -0.1) is 0 Å². The zero-order chi connectivity index (χ0) is 20.7. The summed E-state index contributed by atoms with van der Waals surface area (Å²) in [4.78, 5) is 40.0. The largest absolute Gasteiger partial charge is 0.480 e. The molecule has 2 rings (SSSR count). The molecular weight excluding hydrogens is 496 g/mol. The Balaban J connectivity index is 2.25. The van der Waals surface area contributed by atoms with Crippen LogP contribution in [0.15, 0.2) is 63.4 Å². The number of anilines is 1. The Morgan fingerprint density at radius 2 is 1.86 bits per heavy atom. The number of hydrogen-bond acceptors (Lipinski definition) is 5. The van der Waals surface area contributed by atoms with Gasteiger partial charge in [-0.3, -0.25) is 14.4 Å². The van der Waals surface area contributed by atoms with E-state index in [1.807, 2.05) is 0 Å². The minimum atomic E-state index is -1.20. The van der Waals surface area contributed by atoms with Crippen LogP contribution >= 0.6 is 31.9 Å². The molecule has 8 nitrogen and oxygen atoms in total. The molecule has 1 aromatic heterocycles. The lowest BCUT2D eigenvalue weighted by Gasteiger charge is -2.14. The first-order valence-electron chi connectivity index (χ1n) is 7.95. The molecule has 1 unspecified atom stereocenters. The number of carbonyl (C=O) groups excluding carboxylic acids is 2. The third-order valence-electron chi connectivity index (χ3n) is 3.41. The van der Waals surface area contributed by atoms with E-state index in [4.69, 9.17) is 5.11 Å². The molecule has 2 aromatic rings. The van der Waals surface area contributed by atoms with E-state index in [9.17, 15) is 14.4 Å². The molecular formula is C18H16Br2N4O4. The number of aliphatic carboxylic acids is 1. The average molecular weight is 512 g/mol. The molecule has 4 N–H and O–H groups in total. The highest BCUT2D eigenvalue weighted by Crippen LogP contribution is 2.23. The van der Waals surface area contributed by atoms with Crippen LogP contribution in [0.5, 0.6) is 0 Å². The van der Waals surface area contributed by atoms with Crippen LogP contribution in [0, 0.1) is 0 Å². The number of carboxylic acid groups (broad SMARTS) is 1. The third-order valence-corrected chi connectivity index (χ3v) is 4.45. The number of carbonyl (C=O) groups is 3. The number of aromatic nitrogens is 1. The normalized spacial score (nSPS) is 12.0. The average Bonchev–Trinajstić information content (AvgIpc) is 2.66. The number of rotatable bonds is 7. The SMILES string of the molecule is CC(NC(=O)/C(=C/Nc1ncc(Br)cc1Br)NC(=O)c1ccccc1)C(=O)O. The molecule has 0 saturated carbocycles. The number of benzene rings is 1. The first-order chi connectivity index (χ1) is 13.3. The van der Waals surface area contributed by atoms with Gasteiger partial charge in [0.2, 0.25) is 0 Å². The Morgan fingerprint density at radius 1 is 1.18 bits per heavy atom. The summed E-state index contributed by atoms with van der Waals surface area (Å²) in [6.07, 6.45) is 2.79. The molecule has 0 saturated heterocycles. The Morgan fingerprint density at radius 3 is 2.46 bits per heavy atom. The van der Waals surface area contributed by atoms with Gasteiger partial charge < -0.3 is 21.1 Å².